The molecule has 8 heteroatoms. The highest BCUT2D eigenvalue weighted by Gasteiger charge is 2.39. The first-order valence-electron chi connectivity index (χ1n) is 8.82. The van der Waals surface area contributed by atoms with Crippen molar-refractivity contribution in [1.82, 2.24) is 15.1 Å². The molecule has 1 aliphatic rings. The average Bonchev–Trinajstić information content (AvgIpc) is 3.03. The molecule has 3 rings (SSSR count). The number of fused-ring (bicyclic) bond motifs is 1. The minimum atomic E-state index is -0.808. The van der Waals surface area contributed by atoms with Crippen LogP contribution in [0.2, 0.25) is 5.02 Å². The number of amides is 2. The molecule has 1 unspecified atom stereocenters. The van der Waals surface area contributed by atoms with Gasteiger partial charge in [0.1, 0.15) is 17.5 Å². The van der Waals surface area contributed by atoms with E-state index in [1.165, 1.54) is 11.0 Å². The fourth-order valence-electron chi connectivity index (χ4n) is 3.24. The Kier molecular flexibility index (Phi) is 5.76. The summed E-state index contributed by atoms with van der Waals surface area (Å²) in [4.78, 5) is 29.4. The van der Waals surface area contributed by atoms with E-state index in [1.807, 2.05) is 43.3 Å². The number of nitrogens with zero attached hydrogens (tertiary/aromatic N) is 2. The van der Waals surface area contributed by atoms with E-state index in [0.717, 1.165) is 17.2 Å². The quantitative estimate of drug-likeness (QED) is 0.711. The number of phenolic OH excluding ortho intramolecular Hbond substituents is 2. The van der Waals surface area contributed by atoms with Crippen LogP contribution in [0, 0.1) is 0 Å². The van der Waals surface area contributed by atoms with E-state index < -0.39 is 17.7 Å². The summed E-state index contributed by atoms with van der Waals surface area (Å²) in [5.41, 5.74) is 1.55. The molecule has 1 atom stereocenters. The third-order valence-corrected chi connectivity index (χ3v) is 4.97. The molecule has 1 aliphatic heterocycles. The Morgan fingerprint density at radius 3 is 2.64 bits per heavy atom. The standard InChI is InChI=1S/C20H22ClN3O4/c1-23(2)8-7-22-19(27)18-13-6-4-3-5-12(13)11-24(18)20(28)14-9-15(21)17(26)10-16(14)25/h3-6,9-10,18,25-26H,7-8,11H2,1-2H3,(H,22,27). The molecule has 1 heterocycles. The summed E-state index contributed by atoms with van der Waals surface area (Å²) in [5.74, 6) is -1.54. The molecule has 2 aromatic rings. The first-order valence-corrected chi connectivity index (χ1v) is 9.20. The molecular formula is C20H22ClN3O4. The van der Waals surface area contributed by atoms with Crippen molar-refractivity contribution in [1.29, 1.82) is 0 Å². The van der Waals surface area contributed by atoms with Gasteiger partial charge in [-0.25, -0.2) is 0 Å². The van der Waals surface area contributed by atoms with Crippen LogP contribution < -0.4 is 5.32 Å². The molecule has 0 aromatic heterocycles. The second-order valence-electron chi connectivity index (χ2n) is 6.95. The van der Waals surface area contributed by atoms with Crippen molar-refractivity contribution in [2.75, 3.05) is 27.2 Å². The van der Waals surface area contributed by atoms with Crippen LogP contribution in [0.5, 0.6) is 11.5 Å². The minimum absolute atomic E-state index is 0.0511. The van der Waals surface area contributed by atoms with Gasteiger partial charge in [-0.1, -0.05) is 35.9 Å². The van der Waals surface area contributed by atoms with Crippen molar-refractivity contribution >= 4 is 23.4 Å². The molecule has 0 radical (unpaired) electrons. The molecule has 28 heavy (non-hydrogen) atoms. The molecule has 0 bridgehead atoms. The van der Waals surface area contributed by atoms with Gasteiger partial charge in [0.15, 0.2) is 0 Å². The number of carbonyl (C=O) groups is 2. The van der Waals surface area contributed by atoms with Gasteiger partial charge in [0, 0.05) is 25.7 Å². The Bertz CT molecular complexity index is 916. The monoisotopic (exact) mass is 403 g/mol. The third-order valence-electron chi connectivity index (χ3n) is 4.67. The number of nitrogens with one attached hydrogen (secondary N) is 1. The Morgan fingerprint density at radius 2 is 1.93 bits per heavy atom. The van der Waals surface area contributed by atoms with Crippen LogP contribution in [0.3, 0.4) is 0 Å². The van der Waals surface area contributed by atoms with E-state index in [-0.39, 0.29) is 28.8 Å². The SMILES string of the molecule is CN(C)CCNC(=O)C1c2ccccc2CN1C(=O)c1cc(Cl)c(O)cc1O. The van der Waals surface area contributed by atoms with Gasteiger partial charge in [0.05, 0.1) is 10.6 Å². The van der Waals surface area contributed by atoms with Crippen molar-refractivity contribution < 1.29 is 19.8 Å². The Morgan fingerprint density at radius 1 is 1.21 bits per heavy atom. The van der Waals surface area contributed by atoms with E-state index in [0.29, 0.717) is 13.1 Å². The number of halogens is 1. The predicted octanol–water partition coefficient (Wildman–Crippen LogP) is 2.13. The van der Waals surface area contributed by atoms with E-state index in [4.69, 9.17) is 11.6 Å². The topological polar surface area (TPSA) is 93.1 Å². The maximum absolute atomic E-state index is 13.1. The number of aromatic hydroxyl groups is 2. The van der Waals surface area contributed by atoms with Crippen molar-refractivity contribution in [3.8, 4) is 11.5 Å². The molecule has 0 saturated carbocycles. The zero-order valence-electron chi connectivity index (χ0n) is 15.6. The normalized spacial score (nSPS) is 15.6. The van der Waals surface area contributed by atoms with Gasteiger partial charge in [-0.15, -0.1) is 0 Å². The second kappa shape index (κ2) is 8.08. The third kappa shape index (κ3) is 3.90. The molecule has 0 saturated heterocycles. The molecule has 3 N–H and O–H groups in total. The van der Waals surface area contributed by atoms with Crippen LogP contribution in [0.25, 0.3) is 0 Å². The number of rotatable bonds is 5. The van der Waals surface area contributed by atoms with Crippen LogP contribution in [0.15, 0.2) is 36.4 Å². The number of likely N-dealkylation sites (N-methyl/N-ethyl adjacent to an activating group) is 1. The molecule has 2 aromatic carbocycles. The molecule has 2 amide bonds. The summed E-state index contributed by atoms with van der Waals surface area (Å²) in [6.45, 7) is 1.35. The summed E-state index contributed by atoms with van der Waals surface area (Å²) in [6.07, 6.45) is 0. The van der Waals surface area contributed by atoms with Crippen molar-refractivity contribution in [2.45, 2.75) is 12.6 Å². The molecule has 0 spiro atoms. The van der Waals surface area contributed by atoms with Crippen LogP contribution in [-0.4, -0.2) is 59.0 Å². The van der Waals surface area contributed by atoms with E-state index in [1.54, 1.807) is 0 Å². The zero-order chi connectivity index (χ0) is 20.4. The number of benzene rings is 2. The molecule has 148 valence electrons. The van der Waals surface area contributed by atoms with Crippen molar-refractivity contribution in [2.24, 2.45) is 0 Å². The zero-order valence-corrected chi connectivity index (χ0v) is 16.4. The summed E-state index contributed by atoms with van der Waals surface area (Å²) in [6, 6.07) is 8.78. The Hall–Kier alpha value is -2.77. The maximum atomic E-state index is 13.1. The maximum Gasteiger partial charge on any atom is 0.258 e. The number of phenols is 2. The summed E-state index contributed by atoms with van der Waals surface area (Å²) in [7, 11) is 3.81. The fourth-order valence-corrected chi connectivity index (χ4v) is 3.40. The predicted molar refractivity (Wildman–Crippen MR) is 105 cm³/mol. The van der Waals surface area contributed by atoms with Gasteiger partial charge in [0.25, 0.3) is 5.91 Å². The first kappa shape index (κ1) is 20.0. The van der Waals surface area contributed by atoms with Gasteiger partial charge in [-0.05, 0) is 31.3 Å². The van der Waals surface area contributed by atoms with Crippen LogP contribution in [-0.2, 0) is 11.3 Å². The lowest BCUT2D eigenvalue weighted by atomic mass is 10.0. The molecule has 0 fully saturated rings. The highest BCUT2D eigenvalue weighted by molar-refractivity contribution is 6.32. The van der Waals surface area contributed by atoms with E-state index in [9.17, 15) is 19.8 Å². The number of carbonyl (C=O) groups excluding carboxylic acids is 2. The van der Waals surface area contributed by atoms with Crippen LogP contribution in [0.1, 0.15) is 27.5 Å². The smallest absolute Gasteiger partial charge is 0.258 e. The molecular weight excluding hydrogens is 382 g/mol. The lowest BCUT2D eigenvalue weighted by Gasteiger charge is -2.25. The molecule has 0 aliphatic carbocycles. The highest BCUT2D eigenvalue weighted by atomic mass is 35.5. The van der Waals surface area contributed by atoms with Crippen LogP contribution >= 0.6 is 11.6 Å². The van der Waals surface area contributed by atoms with Crippen molar-refractivity contribution in [3.05, 3.63) is 58.1 Å². The minimum Gasteiger partial charge on any atom is -0.507 e. The van der Waals surface area contributed by atoms with Crippen LogP contribution in [0.4, 0.5) is 0 Å². The second-order valence-corrected chi connectivity index (χ2v) is 7.36. The van der Waals surface area contributed by atoms with Gasteiger partial charge < -0.3 is 25.3 Å². The lowest BCUT2D eigenvalue weighted by molar-refractivity contribution is -0.125. The summed E-state index contributed by atoms with van der Waals surface area (Å²) in [5, 5.41) is 22.5. The van der Waals surface area contributed by atoms with E-state index >= 15 is 0 Å². The van der Waals surface area contributed by atoms with Gasteiger partial charge in [-0.3, -0.25) is 9.59 Å². The summed E-state index contributed by atoms with van der Waals surface area (Å²) >= 11 is 5.91. The largest absolute Gasteiger partial charge is 0.507 e. The number of hydrogen-bond acceptors (Lipinski definition) is 5. The van der Waals surface area contributed by atoms with Gasteiger partial charge in [-0.2, -0.15) is 0 Å². The lowest BCUT2D eigenvalue weighted by Crippen LogP contribution is -2.41. The average molecular weight is 404 g/mol. The van der Waals surface area contributed by atoms with Crippen molar-refractivity contribution in [3.63, 3.8) is 0 Å². The van der Waals surface area contributed by atoms with Gasteiger partial charge >= 0.3 is 0 Å². The summed E-state index contributed by atoms with van der Waals surface area (Å²) < 4.78 is 0. The Labute approximate surface area is 168 Å². The Balaban J connectivity index is 1.92. The number of hydrogen-bond donors (Lipinski definition) is 3. The molecule has 7 nitrogen and oxygen atoms in total. The fraction of sp³-hybridized carbons (Fsp3) is 0.300. The van der Waals surface area contributed by atoms with Gasteiger partial charge in [0.2, 0.25) is 5.91 Å². The van der Waals surface area contributed by atoms with E-state index in [2.05, 4.69) is 5.32 Å². The highest BCUT2D eigenvalue weighted by Crippen LogP contribution is 2.38. The first-order chi connectivity index (χ1) is 13.3.